The largest absolute Gasteiger partial charge is 0.481 e. The van der Waals surface area contributed by atoms with Crippen molar-refractivity contribution in [2.45, 2.75) is 0 Å². The number of nitrogens with zero attached hydrogens (tertiary/aromatic N) is 2. The number of hydrogen-bond donors (Lipinski definition) is 1. The lowest BCUT2D eigenvalue weighted by Crippen LogP contribution is -2.38. The second-order valence-electron chi connectivity index (χ2n) is 5.64. The molecule has 24 heavy (non-hydrogen) atoms. The highest BCUT2D eigenvalue weighted by molar-refractivity contribution is 7.92. The first-order valence-electron chi connectivity index (χ1n) is 7.34. The summed E-state index contributed by atoms with van der Waals surface area (Å²) in [4.78, 5) is 25.1. The van der Waals surface area contributed by atoms with Crippen LogP contribution >= 0.6 is 0 Å². The van der Waals surface area contributed by atoms with Crippen molar-refractivity contribution >= 4 is 27.6 Å². The molecule has 1 amide bonds. The van der Waals surface area contributed by atoms with Gasteiger partial charge in [0.15, 0.2) is 0 Å². The van der Waals surface area contributed by atoms with E-state index in [1.165, 1.54) is 36.2 Å². The van der Waals surface area contributed by atoms with Gasteiger partial charge in [-0.3, -0.25) is 13.9 Å². The molecule has 132 valence electrons. The molecule has 1 saturated heterocycles. The van der Waals surface area contributed by atoms with Gasteiger partial charge in [0.1, 0.15) is 0 Å². The number of amides is 1. The summed E-state index contributed by atoms with van der Waals surface area (Å²) in [5, 5.41) is 9.13. The molecule has 0 aliphatic carbocycles. The number of benzene rings is 1. The van der Waals surface area contributed by atoms with Crippen molar-refractivity contribution in [3.8, 4) is 0 Å². The molecule has 2 rings (SSSR count). The number of carboxylic acid groups (broad SMARTS) is 1. The molecule has 9 heteroatoms. The van der Waals surface area contributed by atoms with Crippen LogP contribution < -0.4 is 4.31 Å². The van der Waals surface area contributed by atoms with Crippen LogP contribution in [0.15, 0.2) is 24.3 Å². The van der Waals surface area contributed by atoms with Gasteiger partial charge < -0.3 is 14.7 Å². The average molecular weight is 356 g/mol. The Balaban J connectivity index is 2.16. The number of aliphatic carboxylic acids is 1. The zero-order valence-corrected chi connectivity index (χ0v) is 14.3. The maximum Gasteiger partial charge on any atom is 0.310 e. The molecule has 1 unspecified atom stereocenters. The zero-order valence-electron chi connectivity index (χ0n) is 13.5. The number of ether oxygens (including phenoxy) is 1. The fourth-order valence-corrected chi connectivity index (χ4v) is 2.84. The van der Waals surface area contributed by atoms with E-state index in [9.17, 15) is 18.0 Å². The molecule has 1 fully saturated rings. The van der Waals surface area contributed by atoms with Gasteiger partial charge in [0.05, 0.1) is 31.1 Å². The van der Waals surface area contributed by atoms with E-state index in [0.717, 1.165) is 10.6 Å². The lowest BCUT2D eigenvalue weighted by molar-refractivity contribution is -0.143. The fraction of sp³-hybridized carbons (Fsp3) is 0.467. The summed E-state index contributed by atoms with van der Waals surface area (Å²) in [6.07, 6.45) is 1.09. The number of anilines is 1. The molecule has 8 nitrogen and oxygen atoms in total. The fourth-order valence-electron chi connectivity index (χ4n) is 2.33. The van der Waals surface area contributed by atoms with Crippen molar-refractivity contribution < 1.29 is 27.9 Å². The third-order valence-electron chi connectivity index (χ3n) is 3.88. The Morgan fingerprint density at radius 2 is 1.92 bits per heavy atom. The monoisotopic (exact) mass is 356 g/mol. The van der Waals surface area contributed by atoms with E-state index in [2.05, 4.69) is 0 Å². The molecule has 1 aromatic carbocycles. The van der Waals surface area contributed by atoms with Crippen molar-refractivity contribution in [1.29, 1.82) is 0 Å². The minimum atomic E-state index is -3.37. The van der Waals surface area contributed by atoms with Crippen LogP contribution in [0.2, 0.25) is 0 Å². The van der Waals surface area contributed by atoms with E-state index in [1.54, 1.807) is 0 Å². The highest BCUT2D eigenvalue weighted by atomic mass is 32.2. The number of sulfonamides is 1. The summed E-state index contributed by atoms with van der Waals surface area (Å²) in [6.45, 7) is 0.758. The number of hydrogen-bond acceptors (Lipinski definition) is 5. The second kappa shape index (κ2) is 7.18. The molecule has 0 spiro atoms. The molecule has 1 aromatic rings. The number of carboxylic acids is 1. The lowest BCUT2D eigenvalue weighted by atomic mass is 10.1. The molecule has 1 aliphatic rings. The first-order valence-corrected chi connectivity index (χ1v) is 9.19. The van der Waals surface area contributed by atoms with E-state index in [0.29, 0.717) is 17.8 Å². The van der Waals surface area contributed by atoms with Gasteiger partial charge in [-0.2, -0.15) is 0 Å². The van der Waals surface area contributed by atoms with Crippen LogP contribution in [0.3, 0.4) is 0 Å². The Labute approximate surface area is 140 Å². The molecule has 0 bridgehead atoms. The second-order valence-corrected chi connectivity index (χ2v) is 7.65. The van der Waals surface area contributed by atoms with Gasteiger partial charge in [-0.25, -0.2) is 8.42 Å². The van der Waals surface area contributed by atoms with E-state index in [4.69, 9.17) is 9.84 Å². The maximum atomic E-state index is 12.5. The molecule has 0 saturated carbocycles. The molecule has 0 aromatic heterocycles. The molecule has 1 heterocycles. The van der Waals surface area contributed by atoms with E-state index >= 15 is 0 Å². The molecule has 1 N–H and O–H groups in total. The van der Waals surface area contributed by atoms with E-state index in [-0.39, 0.29) is 25.7 Å². The van der Waals surface area contributed by atoms with Crippen LogP contribution in [-0.4, -0.2) is 69.9 Å². The first-order chi connectivity index (χ1) is 11.2. The Kier molecular flexibility index (Phi) is 5.45. The van der Waals surface area contributed by atoms with Gasteiger partial charge in [0.25, 0.3) is 5.91 Å². The highest BCUT2D eigenvalue weighted by Crippen LogP contribution is 2.18. The van der Waals surface area contributed by atoms with Crippen molar-refractivity contribution in [3.63, 3.8) is 0 Å². The van der Waals surface area contributed by atoms with Crippen LogP contribution in [0.4, 0.5) is 5.69 Å². The smallest absolute Gasteiger partial charge is 0.310 e. The molecular weight excluding hydrogens is 336 g/mol. The van der Waals surface area contributed by atoms with Gasteiger partial charge in [-0.05, 0) is 24.3 Å². The van der Waals surface area contributed by atoms with Gasteiger partial charge in [-0.1, -0.05) is 0 Å². The van der Waals surface area contributed by atoms with E-state index < -0.39 is 21.9 Å². The van der Waals surface area contributed by atoms with Crippen LogP contribution in [0.25, 0.3) is 0 Å². The summed E-state index contributed by atoms with van der Waals surface area (Å²) < 4.78 is 29.4. The summed E-state index contributed by atoms with van der Waals surface area (Å²) >= 11 is 0. The van der Waals surface area contributed by atoms with Crippen LogP contribution in [0, 0.1) is 5.92 Å². The molecule has 0 radical (unpaired) electrons. The third-order valence-corrected chi connectivity index (χ3v) is 5.08. The Hall–Kier alpha value is -2.13. The number of carbonyl (C=O) groups excluding carboxylic acids is 1. The average Bonchev–Trinajstić information content (AvgIpc) is 2.79. The van der Waals surface area contributed by atoms with Gasteiger partial charge in [0.2, 0.25) is 10.0 Å². The topological polar surface area (TPSA) is 104 Å². The standard InChI is InChI=1S/C15H20N2O6S/c1-16(24(2,21)22)13-5-3-11(4-6-13)14(18)17-7-8-23-10-12(9-17)15(19)20/h3-6,12H,7-10H2,1-2H3,(H,19,20). The summed E-state index contributed by atoms with van der Waals surface area (Å²) in [5.74, 6) is -2.06. The third kappa shape index (κ3) is 4.24. The van der Waals surface area contributed by atoms with Crippen molar-refractivity contribution in [1.82, 2.24) is 4.90 Å². The quantitative estimate of drug-likeness (QED) is 0.830. The Bertz CT molecular complexity index is 716. The van der Waals surface area contributed by atoms with Crippen LogP contribution in [0.5, 0.6) is 0 Å². The maximum absolute atomic E-state index is 12.5. The molecular formula is C15H20N2O6S. The van der Waals surface area contributed by atoms with Gasteiger partial charge in [0, 0.05) is 25.7 Å². The Morgan fingerprint density at radius 1 is 1.29 bits per heavy atom. The minimum absolute atomic E-state index is 0.0806. The van der Waals surface area contributed by atoms with Crippen molar-refractivity contribution in [2.24, 2.45) is 5.92 Å². The summed E-state index contributed by atoms with van der Waals surface area (Å²) in [5.41, 5.74) is 0.809. The number of rotatable bonds is 4. The SMILES string of the molecule is CN(c1ccc(C(=O)N2CCOCC(C(=O)O)C2)cc1)S(C)(=O)=O. The van der Waals surface area contributed by atoms with Gasteiger partial charge in [-0.15, -0.1) is 0 Å². The van der Waals surface area contributed by atoms with Crippen LogP contribution in [0.1, 0.15) is 10.4 Å². The highest BCUT2D eigenvalue weighted by Gasteiger charge is 2.27. The first kappa shape index (κ1) is 18.2. The van der Waals surface area contributed by atoms with Crippen molar-refractivity contribution in [3.05, 3.63) is 29.8 Å². The van der Waals surface area contributed by atoms with Gasteiger partial charge >= 0.3 is 5.97 Å². The summed E-state index contributed by atoms with van der Waals surface area (Å²) in [6, 6.07) is 6.14. The normalized spacial score (nSPS) is 18.8. The lowest BCUT2D eigenvalue weighted by Gasteiger charge is -2.22. The minimum Gasteiger partial charge on any atom is -0.481 e. The molecule has 1 atom stereocenters. The van der Waals surface area contributed by atoms with E-state index in [1.807, 2.05) is 0 Å². The zero-order chi connectivity index (χ0) is 17.9. The predicted molar refractivity (Wildman–Crippen MR) is 87.5 cm³/mol. The summed E-state index contributed by atoms with van der Waals surface area (Å²) in [7, 11) is -1.95. The molecule has 1 aliphatic heterocycles. The van der Waals surface area contributed by atoms with Crippen molar-refractivity contribution in [2.75, 3.05) is 43.9 Å². The van der Waals surface area contributed by atoms with Crippen LogP contribution in [-0.2, 0) is 19.6 Å². The predicted octanol–water partition coefficient (Wildman–Crippen LogP) is 0.256. The number of carbonyl (C=O) groups is 2. The Morgan fingerprint density at radius 3 is 2.46 bits per heavy atom.